The second kappa shape index (κ2) is 9.91. The van der Waals surface area contributed by atoms with Crippen molar-refractivity contribution in [3.8, 4) is 11.1 Å². The molecule has 2 heteroatoms. The fourth-order valence-corrected chi connectivity index (χ4v) is 8.94. The normalized spacial score (nSPS) is 19.3. The maximum Gasteiger partial charge on any atom is -0.0107 e. The summed E-state index contributed by atoms with van der Waals surface area (Å²) in [5, 5.41) is 1.71. The summed E-state index contributed by atoms with van der Waals surface area (Å²) in [7, 11) is -0.0365. The van der Waals surface area contributed by atoms with Crippen LogP contribution in [0.3, 0.4) is 0 Å². The van der Waals surface area contributed by atoms with Crippen LogP contribution in [0.25, 0.3) is 11.1 Å². The van der Waals surface area contributed by atoms with Crippen molar-refractivity contribution < 1.29 is 0 Å². The minimum absolute atomic E-state index is 0. The topological polar surface area (TPSA) is 0 Å². The zero-order valence-corrected chi connectivity index (χ0v) is 17.5. The molecule has 2 fully saturated rings. The van der Waals surface area contributed by atoms with Crippen molar-refractivity contribution in [1.29, 1.82) is 0 Å². The largest absolute Gasteiger partial charge is 0.147 e. The quantitative estimate of drug-likeness (QED) is 0.476. The fourth-order valence-electron chi connectivity index (χ4n) is 4.97. The first-order chi connectivity index (χ1) is 12.4. The third-order valence-corrected chi connectivity index (χ3v) is 9.76. The molecule has 0 N–H and O–H groups in total. The molecule has 0 amide bonds. The van der Waals surface area contributed by atoms with Gasteiger partial charge in [0.1, 0.15) is 0 Å². The fraction of sp³-hybridized carbons (Fsp3) is 0.500. The van der Waals surface area contributed by atoms with Crippen LogP contribution in [0.5, 0.6) is 0 Å². The SMILES string of the molecule is Cl.c1ccc(-c2ccccc2P(C2CCCCC2)C2CCCCC2)cc1. The number of halogens is 1. The average Bonchev–Trinajstić information content (AvgIpc) is 2.71. The molecule has 26 heavy (non-hydrogen) atoms. The standard InChI is InChI=1S/C24H31P.ClH/c1-4-12-20(13-5-1)23-18-10-11-19-24(23)25(21-14-6-2-7-15-21)22-16-8-3-9-17-22;/h1,4-5,10-13,18-19,21-22H,2-3,6-9,14-17H2;1H. The van der Waals surface area contributed by atoms with E-state index in [4.69, 9.17) is 0 Å². The van der Waals surface area contributed by atoms with E-state index >= 15 is 0 Å². The van der Waals surface area contributed by atoms with Crippen molar-refractivity contribution in [2.24, 2.45) is 0 Å². The van der Waals surface area contributed by atoms with Crippen LogP contribution in [0.4, 0.5) is 0 Å². The van der Waals surface area contributed by atoms with Crippen molar-refractivity contribution >= 4 is 25.6 Å². The smallest absolute Gasteiger partial charge is 0.0107 e. The summed E-state index contributed by atoms with van der Waals surface area (Å²) in [6, 6.07) is 20.5. The van der Waals surface area contributed by atoms with Gasteiger partial charge in [-0.2, -0.15) is 0 Å². The molecule has 0 nitrogen and oxygen atoms in total. The monoisotopic (exact) mass is 386 g/mol. The third kappa shape index (κ3) is 4.52. The van der Waals surface area contributed by atoms with Crippen LogP contribution in [0.15, 0.2) is 54.6 Å². The van der Waals surface area contributed by atoms with E-state index in [-0.39, 0.29) is 20.3 Å². The van der Waals surface area contributed by atoms with E-state index in [9.17, 15) is 0 Å². The van der Waals surface area contributed by atoms with Crippen molar-refractivity contribution in [3.63, 3.8) is 0 Å². The van der Waals surface area contributed by atoms with Crippen LogP contribution in [-0.4, -0.2) is 11.3 Å². The lowest BCUT2D eigenvalue weighted by atomic mass is 9.99. The summed E-state index contributed by atoms with van der Waals surface area (Å²) in [5.74, 6) is 0. The summed E-state index contributed by atoms with van der Waals surface area (Å²) in [5.41, 5.74) is 4.87. The Balaban J connectivity index is 0.00000196. The van der Waals surface area contributed by atoms with E-state index in [1.807, 2.05) is 0 Å². The molecule has 0 unspecified atom stereocenters. The van der Waals surface area contributed by atoms with Crippen LogP contribution >= 0.6 is 20.3 Å². The minimum atomic E-state index is -0.0365. The molecule has 0 atom stereocenters. The first kappa shape index (κ1) is 19.9. The Kier molecular flexibility index (Phi) is 7.59. The van der Waals surface area contributed by atoms with Gasteiger partial charge in [-0.05, 0) is 53.4 Å². The van der Waals surface area contributed by atoms with E-state index in [2.05, 4.69) is 54.6 Å². The lowest BCUT2D eigenvalue weighted by Crippen LogP contribution is -2.27. The maximum atomic E-state index is 2.48. The highest BCUT2D eigenvalue weighted by atomic mass is 35.5. The molecule has 140 valence electrons. The Morgan fingerprint density at radius 1 is 0.577 bits per heavy atom. The molecule has 0 heterocycles. The van der Waals surface area contributed by atoms with Crippen molar-refractivity contribution in [2.45, 2.75) is 75.5 Å². The zero-order chi connectivity index (χ0) is 16.9. The second-order valence-corrected chi connectivity index (χ2v) is 10.6. The number of rotatable bonds is 4. The van der Waals surface area contributed by atoms with E-state index in [1.54, 1.807) is 5.30 Å². The van der Waals surface area contributed by atoms with Crippen LogP contribution in [0, 0.1) is 0 Å². The Hall–Kier alpha value is -0.840. The van der Waals surface area contributed by atoms with Gasteiger partial charge < -0.3 is 0 Å². The van der Waals surface area contributed by atoms with Crippen LogP contribution in [-0.2, 0) is 0 Å². The zero-order valence-electron chi connectivity index (χ0n) is 15.8. The van der Waals surface area contributed by atoms with Crippen LogP contribution in [0.1, 0.15) is 64.2 Å². The predicted molar refractivity (Wildman–Crippen MR) is 119 cm³/mol. The van der Waals surface area contributed by atoms with Gasteiger partial charge in [-0.1, -0.05) is 101 Å². The summed E-state index contributed by atoms with van der Waals surface area (Å²) in [4.78, 5) is 0. The molecule has 0 radical (unpaired) electrons. The van der Waals surface area contributed by atoms with Gasteiger partial charge in [0.15, 0.2) is 0 Å². The molecule has 0 aliphatic heterocycles. The van der Waals surface area contributed by atoms with E-state index < -0.39 is 0 Å². The van der Waals surface area contributed by atoms with Gasteiger partial charge in [-0.25, -0.2) is 0 Å². The molecule has 2 aliphatic rings. The number of benzene rings is 2. The molecule has 2 aromatic rings. The second-order valence-electron chi connectivity index (χ2n) is 7.87. The maximum absolute atomic E-state index is 2.48. The Labute approximate surface area is 167 Å². The van der Waals surface area contributed by atoms with Gasteiger partial charge in [-0.3, -0.25) is 0 Å². The lowest BCUT2D eigenvalue weighted by Gasteiger charge is -2.39. The van der Waals surface area contributed by atoms with Gasteiger partial charge in [0.05, 0.1) is 0 Å². The average molecular weight is 387 g/mol. The van der Waals surface area contributed by atoms with E-state index in [1.165, 1.54) is 75.3 Å². The molecule has 2 aliphatic carbocycles. The first-order valence-corrected chi connectivity index (χ1v) is 11.8. The Bertz CT molecular complexity index is 639. The molecular formula is C24H32ClP. The summed E-state index contributed by atoms with van der Waals surface area (Å²) in [6.07, 6.45) is 14.7. The van der Waals surface area contributed by atoms with Crippen molar-refractivity contribution in [1.82, 2.24) is 0 Å². The highest BCUT2D eigenvalue weighted by molar-refractivity contribution is 7.67. The molecule has 2 aromatic carbocycles. The lowest BCUT2D eigenvalue weighted by molar-refractivity contribution is 0.487. The summed E-state index contributed by atoms with van der Waals surface area (Å²) < 4.78 is 0. The molecule has 0 spiro atoms. The van der Waals surface area contributed by atoms with Gasteiger partial charge in [0.25, 0.3) is 0 Å². The molecular weight excluding hydrogens is 355 g/mol. The van der Waals surface area contributed by atoms with Crippen LogP contribution < -0.4 is 5.30 Å². The number of hydrogen-bond acceptors (Lipinski definition) is 0. The summed E-state index contributed by atoms with van der Waals surface area (Å²) in [6.45, 7) is 0. The van der Waals surface area contributed by atoms with Gasteiger partial charge in [0.2, 0.25) is 0 Å². The minimum Gasteiger partial charge on any atom is -0.147 e. The Morgan fingerprint density at radius 2 is 1.08 bits per heavy atom. The van der Waals surface area contributed by atoms with Gasteiger partial charge in [0, 0.05) is 0 Å². The van der Waals surface area contributed by atoms with Crippen molar-refractivity contribution in [2.75, 3.05) is 0 Å². The van der Waals surface area contributed by atoms with E-state index in [0.717, 1.165) is 11.3 Å². The highest BCUT2D eigenvalue weighted by Gasteiger charge is 2.33. The summed E-state index contributed by atoms with van der Waals surface area (Å²) >= 11 is 0. The third-order valence-electron chi connectivity index (χ3n) is 6.20. The predicted octanol–water partition coefficient (Wildman–Crippen LogP) is 7.55. The molecule has 0 saturated heterocycles. The van der Waals surface area contributed by atoms with Gasteiger partial charge in [-0.15, -0.1) is 12.4 Å². The van der Waals surface area contributed by atoms with Crippen molar-refractivity contribution in [3.05, 3.63) is 54.6 Å². The molecule has 0 aromatic heterocycles. The van der Waals surface area contributed by atoms with E-state index in [0.29, 0.717) is 0 Å². The molecule has 2 saturated carbocycles. The van der Waals surface area contributed by atoms with Gasteiger partial charge >= 0.3 is 0 Å². The number of hydrogen-bond donors (Lipinski definition) is 0. The molecule has 0 bridgehead atoms. The highest BCUT2D eigenvalue weighted by Crippen LogP contribution is 2.56. The molecule has 4 rings (SSSR count). The Morgan fingerprint density at radius 3 is 1.65 bits per heavy atom. The van der Waals surface area contributed by atoms with Crippen LogP contribution in [0.2, 0.25) is 0 Å². The first-order valence-electron chi connectivity index (χ1n) is 10.4.